The van der Waals surface area contributed by atoms with E-state index in [1.165, 1.54) is 0 Å². The summed E-state index contributed by atoms with van der Waals surface area (Å²) in [4.78, 5) is 10.7. The van der Waals surface area contributed by atoms with E-state index in [1.54, 1.807) is 0 Å². The topological polar surface area (TPSA) is 80.7 Å². The van der Waals surface area contributed by atoms with Crippen LogP contribution in [0.25, 0.3) is 0 Å². The molecule has 1 unspecified atom stereocenters. The molecule has 0 bridgehead atoms. The minimum absolute atomic E-state index is 0.733. The SMILES string of the molecule is C=C(C)C(=O)OC(F)(C(F)F)C(F)(F)S(=O)(=O)O. The van der Waals surface area contributed by atoms with Gasteiger partial charge in [-0.3, -0.25) is 4.55 Å². The molecule has 106 valence electrons. The number of carbonyl (C=O) groups excluding carboxylic acids is 1. The Morgan fingerprint density at radius 2 is 1.72 bits per heavy atom. The van der Waals surface area contributed by atoms with Crippen molar-refractivity contribution in [3.05, 3.63) is 12.2 Å². The highest BCUT2D eigenvalue weighted by Gasteiger charge is 2.72. The molecule has 0 aliphatic rings. The first-order chi connectivity index (χ1) is 7.77. The molecule has 0 amide bonds. The van der Waals surface area contributed by atoms with E-state index in [1.807, 2.05) is 0 Å². The zero-order valence-electron chi connectivity index (χ0n) is 8.66. The fourth-order valence-electron chi connectivity index (χ4n) is 0.629. The monoisotopic (exact) mass is 298 g/mol. The van der Waals surface area contributed by atoms with Gasteiger partial charge < -0.3 is 4.74 Å². The summed E-state index contributed by atoms with van der Waals surface area (Å²) in [6, 6.07) is 0. The summed E-state index contributed by atoms with van der Waals surface area (Å²) in [5.74, 6) is -7.54. The lowest BCUT2D eigenvalue weighted by molar-refractivity contribution is -0.281. The molecule has 1 atom stereocenters. The number of hydrogen-bond acceptors (Lipinski definition) is 4. The van der Waals surface area contributed by atoms with Crippen LogP contribution < -0.4 is 0 Å². The molecule has 0 aliphatic heterocycles. The first-order valence-corrected chi connectivity index (χ1v) is 5.42. The van der Waals surface area contributed by atoms with E-state index in [9.17, 15) is 35.2 Å². The van der Waals surface area contributed by atoms with Crippen LogP contribution in [0.3, 0.4) is 0 Å². The number of carbonyl (C=O) groups is 1. The highest BCUT2D eigenvalue weighted by atomic mass is 32.2. The minimum atomic E-state index is -6.57. The van der Waals surface area contributed by atoms with Crippen LogP contribution in [0.5, 0.6) is 0 Å². The van der Waals surface area contributed by atoms with Gasteiger partial charge in [0.2, 0.25) is 0 Å². The van der Waals surface area contributed by atoms with Gasteiger partial charge in [0.25, 0.3) is 0 Å². The van der Waals surface area contributed by atoms with Crippen LogP contribution in [0.15, 0.2) is 12.2 Å². The Balaban J connectivity index is 5.70. The average molecular weight is 298 g/mol. The third-order valence-corrected chi connectivity index (χ3v) is 2.52. The fraction of sp³-hybridized carbons (Fsp3) is 0.571. The van der Waals surface area contributed by atoms with Crippen molar-refractivity contribution in [1.82, 2.24) is 0 Å². The van der Waals surface area contributed by atoms with Gasteiger partial charge in [-0.15, -0.1) is 0 Å². The molecule has 0 spiro atoms. The second kappa shape index (κ2) is 4.80. The zero-order chi connectivity index (χ0) is 14.9. The van der Waals surface area contributed by atoms with Gasteiger partial charge in [0.05, 0.1) is 0 Å². The molecule has 0 rings (SSSR count). The van der Waals surface area contributed by atoms with E-state index in [0.717, 1.165) is 6.92 Å². The van der Waals surface area contributed by atoms with E-state index in [4.69, 9.17) is 4.55 Å². The Bertz CT molecular complexity index is 459. The second-order valence-electron chi connectivity index (χ2n) is 3.11. The zero-order valence-corrected chi connectivity index (χ0v) is 9.48. The van der Waals surface area contributed by atoms with Crippen molar-refractivity contribution < 1.29 is 44.5 Å². The van der Waals surface area contributed by atoms with Crippen molar-refractivity contribution >= 4 is 16.1 Å². The Morgan fingerprint density at radius 1 is 1.33 bits per heavy atom. The normalized spacial score (nSPS) is 16.2. The summed E-state index contributed by atoms with van der Waals surface area (Å²) in [6.45, 7) is 3.62. The molecule has 18 heavy (non-hydrogen) atoms. The summed E-state index contributed by atoms with van der Waals surface area (Å²) in [7, 11) is -6.57. The second-order valence-corrected chi connectivity index (χ2v) is 4.57. The Kier molecular flexibility index (Phi) is 4.47. The Hall–Kier alpha value is -1.23. The van der Waals surface area contributed by atoms with Gasteiger partial charge >= 0.3 is 33.6 Å². The lowest BCUT2D eigenvalue weighted by Gasteiger charge is -2.29. The third-order valence-electron chi connectivity index (χ3n) is 1.59. The van der Waals surface area contributed by atoms with Crippen molar-refractivity contribution in [2.45, 2.75) is 24.5 Å². The number of esters is 1. The molecule has 0 aromatic carbocycles. The number of halogens is 5. The predicted molar refractivity (Wildman–Crippen MR) is 47.2 cm³/mol. The first kappa shape index (κ1) is 16.8. The van der Waals surface area contributed by atoms with Crippen LogP contribution in [0.2, 0.25) is 0 Å². The van der Waals surface area contributed by atoms with Crippen LogP contribution in [0.4, 0.5) is 22.0 Å². The van der Waals surface area contributed by atoms with Crippen LogP contribution in [0.1, 0.15) is 6.92 Å². The number of ether oxygens (including phenoxy) is 1. The molecule has 0 heterocycles. The molecule has 0 radical (unpaired) electrons. The fourth-order valence-corrected chi connectivity index (χ4v) is 1.11. The van der Waals surface area contributed by atoms with Gasteiger partial charge in [-0.25, -0.2) is 13.6 Å². The van der Waals surface area contributed by atoms with Gasteiger partial charge in [0.15, 0.2) is 0 Å². The highest BCUT2D eigenvalue weighted by molar-refractivity contribution is 7.87. The van der Waals surface area contributed by atoms with E-state index in [-0.39, 0.29) is 0 Å². The summed E-state index contributed by atoms with van der Waals surface area (Å²) in [5.41, 5.74) is -0.733. The maximum absolute atomic E-state index is 13.3. The van der Waals surface area contributed by atoms with Crippen molar-refractivity contribution in [2.24, 2.45) is 0 Å². The molecule has 1 N–H and O–H groups in total. The largest absolute Gasteiger partial charge is 0.444 e. The lowest BCUT2D eigenvalue weighted by atomic mass is 10.3. The van der Waals surface area contributed by atoms with E-state index >= 15 is 0 Å². The van der Waals surface area contributed by atoms with E-state index < -0.39 is 39.2 Å². The van der Waals surface area contributed by atoms with Gasteiger partial charge in [0, 0.05) is 5.57 Å². The number of alkyl halides is 5. The van der Waals surface area contributed by atoms with Crippen molar-refractivity contribution in [3.63, 3.8) is 0 Å². The van der Waals surface area contributed by atoms with Crippen molar-refractivity contribution in [1.29, 1.82) is 0 Å². The van der Waals surface area contributed by atoms with Crippen LogP contribution in [0, 0.1) is 0 Å². The number of hydrogen-bond donors (Lipinski definition) is 1. The average Bonchev–Trinajstić information content (AvgIpc) is 2.14. The van der Waals surface area contributed by atoms with Gasteiger partial charge in [0.1, 0.15) is 0 Å². The third kappa shape index (κ3) is 2.77. The van der Waals surface area contributed by atoms with Gasteiger partial charge in [-0.05, 0) is 6.92 Å². The summed E-state index contributed by atoms with van der Waals surface area (Å²) in [5, 5.41) is -6.04. The summed E-state index contributed by atoms with van der Waals surface area (Å²) >= 11 is 0. The van der Waals surface area contributed by atoms with Crippen molar-refractivity contribution in [2.75, 3.05) is 0 Å². The van der Waals surface area contributed by atoms with Gasteiger partial charge in [-0.2, -0.15) is 21.6 Å². The van der Waals surface area contributed by atoms with Gasteiger partial charge in [-0.1, -0.05) is 6.58 Å². The van der Waals surface area contributed by atoms with Crippen LogP contribution >= 0.6 is 0 Å². The maximum atomic E-state index is 13.3. The number of rotatable bonds is 5. The first-order valence-electron chi connectivity index (χ1n) is 3.98. The smallest absolute Gasteiger partial charge is 0.413 e. The Morgan fingerprint density at radius 3 is 1.94 bits per heavy atom. The molecule has 0 saturated carbocycles. The molecule has 0 aliphatic carbocycles. The van der Waals surface area contributed by atoms with Crippen LogP contribution in [-0.4, -0.2) is 36.5 Å². The quantitative estimate of drug-likeness (QED) is 0.360. The molecule has 5 nitrogen and oxygen atoms in total. The van der Waals surface area contributed by atoms with E-state index in [0.29, 0.717) is 0 Å². The molecular formula is C7H7F5O5S. The molecule has 0 aromatic rings. The molecule has 0 saturated heterocycles. The van der Waals surface area contributed by atoms with E-state index in [2.05, 4.69) is 11.3 Å². The minimum Gasteiger partial charge on any atom is -0.413 e. The van der Waals surface area contributed by atoms with Crippen molar-refractivity contribution in [3.8, 4) is 0 Å². The Labute approximate surface area is 98.0 Å². The summed E-state index contributed by atoms with van der Waals surface area (Å²) < 4.78 is 94.8. The molecule has 11 heteroatoms. The predicted octanol–water partition coefficient (Wildman–Crippen LogP) is 1.52. The highest BCUT2D eigenvalue weighted by Crippen LogP contribution is 2.42. The summed E-state index contributed by atoms with van der Waals surface area (Å²) in [6.07, 6.45) is -4.72. The molecule has 0 fully saturated rings. The maximum Gasteiger partial charge on any atom is 0.444 e. The lowest BCUT2D eigenvalue weighted by Crippen LogP contribution is -2.57. The molecule has 0 aromatic heterocycles. The van der Waals surface area contributed by atoms with Crippen LogP contribution in [-0.2, 0) is 19.6 Å². The molecular weight excluding hydrogens is 291 g/mol. The standard InChI is InChI=1S/C7H7F5O5S/c1-3(2)4(13)17-6(10,5(8)9)7(11,12)18(14,15)16/h5H,1H2,2H3,(H,14,15,16).